The maximum Gasteiger partial charge on any atom is 0.0494 e. The van der Waals surface area contributed by atoms with E-state index in [2.05, 4.69) is 17.0 Å². The van der Waals surface area contributed by atoms with Crippen molar-refractivity contribution in [2.45, 2.75) is 31.2 Å². The highest BCUT2D eigenvalue weighted by atomic mass is 35.5. The van der Waals surface area contributed by atoms with Gasteiger partial charge < -0.3 is 4.90 Å². The lowest BCUT2D eigenvalue weighted by atomic mass is 10.1. The second-order valence-electron chi connectivity index (χ2n) is 4.89. The van der Waals surface area contributed by atoms with Gasteiger partial charge in [-0.1, -0.05) is 17.7 Å². The molecule has 2 atom stereocenters. The van der Waals surface area contributed by atoms with Crippen LogP contribution in [-0.4, -0.2) is 12.6 Å². The normalized spacial score (nSPS) is 27.8. The molecule has 16 heavy (non-hydrogen) atoms. The summed E-state index contributed by atoms with van der Waals surface area (Å²) in [5, 5.41) is 0.812. The summed E-state index contributed by atoms with van der Waals surface area (Å²) in [5.41, 5.74) is 2.47. The summed E-state index contributed by atoms with van der Waals surface area (Å²) < 4.78 is 0. The first-order valence-electron chi connectivity index (χ1n) is 5.89. The number of rotatable bonds is 2. The van der Waals surface area contributed by atoms with Crippen LogP contribution < -0.4 is 4.90 Å². The molecule has 0 N–H and O–H groups in total. The van der Waals surface area contributed by atoms with Gasteiger partial charge in [0, 0.05) is 29.2 Å². The van der Waals surface area contributed by atoms with E-state index < -0.39 is 0 Å². The van der Waals surface area contributed by atoms with E-state index in [1.807, 2.05) is 6.07 Å². The predicted molar refractivity (Wildman–Crippen MR) is 69.5 cm³/mol. The summed E-state index contributed by atoms with van der Waals surface area (Å²) in [7, 11) is 0. The van der Waals surface area contributed by atoms with Gasteiger partial charge in [-0.25, -0.2) is 0 Å². The Balaban J connectivity index is 1.96. The fraction of sp³-hybridized carbons (Fsp3) is 0.538. The molecular formula is C13H15Cl2N. The molecule has 2 fully saturated rings. The highest BCUT2D eigenvalue weighted by molar-refractivity contribution is 6.31. The fourth-order valence-corrected chi connectivity index (χ4v) is 3.53. The Bertz CT molecular complexity index is 405. The summed E-state index contributed by atoms with van der Waals surface area (Å²) in [4.78, 5) is 2.51. The molecule has 1 saturated carbocycles. The van der Waals surface area contributed by atoms with E-state index in [0.717, 1.165) is 17.0 Å². The van der Waals surface area contributed by atoms with Gasteiger partial charge in [0.2, 0.25) is 0 Å². The number of alkyl halides is 1. The van der Waals surface area contributed by atoms with Crippen molar-refractivity contribution in [3.63, 3.8) is 0 Å². The van der Waals surface area contributed by atoms with Crippen molar-refractivity contribution in [3.8, 4) is 0 Å². The first-order valence-corrected chi connectivity index (χ1v) is 6.80. The van der Waals surface area contributed by atoms with Crippen LogP contribution in [0.25, 0.3) is 0 Å². The molecule has 0 spiro atoms. The number of hydrogen-bond acceptors (Lipinski definition) is 1. The van der Waals surface area contributed by atoms with Gasteiger partial charge >= 0.3 is 0 Å². The molecule has 0 aromatic heterocycles. The summed E-state index contributed by atoms with van der Waals surface area (Å²) in [6.07, 6.45) is 4.09. The smallest absolute Gasteiger partial charge is 0.0494 e. The largest absolute Gasteiger partial charge is 0.368 e. The third kappa shape index (κ3) is 1.70. The van der Waals surface area contributed by atoms with Crippen LogP contribution in [0.5, 0.6) is 0 Å². The van der Waals surface area contributed by atoms with Gasteiger partial charge in [-0.2, -0.15) is 0 Å². The number of nitrogens with zero attached hydrogens (tertiary/aromatic N) is 1. The van der Waals surface area contributed by atoms with Crippen molar-refractivity contribution < 1.29 is 0 Å². The Morgan fingerprint density at radius 1 is 1.31 bits per heavy atom. The molecule has 2 unspecified atom stereocenters. The fourth-order valence-electron chi connectivity index (χ4n) is 3.14. The molecule has 86 valence electrons. The molecule has 1 aliphatic carbocycles. The first-order chi connectivity index (χ1) is 7.78. The molecule has 1 aromatic carbocycles. The standard InChI is InChI=1S/C13H15Cl2N/c14-7-10-2-3-11(15)6-13(10)16-8-9-1-4-12(16)5-9/h2-3,6,9,12H,1,4-5,7-8H2. The Kier molecular flexibility index (Phi) is 2.76. The average Bonchev–Trinajstić information content (AvgIpc) is 2.90. The van der Waals surface area contributed by atoms with E-state index in [9.17, 15) is 0 Å². The minimum Gasteiger partial charge on any atom is -0.368 e. The van der Waals surface area contributed by atoms with Gasteiger partial charge in [0.25, 0.3) is 0 Å². The van der Waals surface area contributed by atoms with Crippen LogP contribution in [0.2, 0.25) is 5.02 Å². The number of hydrogen-bond donors (Lipinski definition) is 0. The molecule has 1 aromatic rings. The van der Waals surface area contributed by atoms with E-state index in [1.165, 1.54) is 37.1 Å². The van der Waals surface area contributed by atoms with E-state index in [-0.39, 0.29) is 0 Å². The third-order valence-corrected chi connectivity index (χ3v) is 4.43. The van der Waals surface area contributed by atoms with Gasteiger partial charge in [0.1, 0.15) is 0 Å². The zero-order chi connectivity index (χ0) is 11.1. The van der Waals surface area contributed by atoms with Gasteiger partial charge in [-0.15, -0.1) is 11.6 Å². The summed E-state index contributed by atoms with van der Waals surface area (Å²) in [5.74, 6) is 1.47. The maximum atomic E-state index is 6.08. The molecule has 1 heterocycles. The van der Waals surface area contributed by atoms with Crippen molar-refractivity contribution >= 4 is 28.9 Å². The number of halogens is 2. The van der Waals surface area contributed by atoms with Gasteiger partial charge in [-0.05, 0) is 42.9 Å². The zero-order valence-electron chi connectivity index (χ0n) is 9.13. The van der Waals surface area contributed by atoms with Crippen molar-refractivity contribution in [3.05, 3.63) is 28.8 Å². The number of fused-ring (bicyclic) bond motifs is 2. The predicted octanol–water partition coefficient (Wildman–Crippen LogP) is 4.07. The zero-order valence-corrected chi connectivity index (χ0v) is 10.6. The van der Waals surface area contributed by atoms with E-state index in [0.29, 0.717) is 5.88 Å². The second kappa shape index (κ2) is 4.12. The van der Waals surface area contributed by atoms with Crippen molar-refractivity contribution in [2.24, 2.45) is 5.92 Å². The topological polar surface area (TPSA) is 3.24 Å². The minimum atomic E-state index is 0.570. The SMILES string of the molecule is ClCc1ccc(Cl)cc1N1CC2CCC1C2. The molecule has 3 rings (SSSR count). The Morgan fingerprint density at radius 3 is 2.81 bits per heavy atom. The monoisotopic (exact) mass is 255 g/mol. The number of piperidine rings is 1. The van der Waals surface area contributed by atoms with Gasteiger partial charge in [0.05, 0.1) is 0 Å². The van der Waals surface area contributed by atoms with Crippen LogP contribution in [0.3, 0.4) is 0 Å². The highest BCUT2D eigenvalue weighted by Gasteiger charge is 2.38. The van der Waals surface area contributed by atoms with Crippen molar-refractivity contribution in [1.29, 1.82) is 0 Å². The molecule has 2 bridgehead atoms. The van der Waals surface area contributed by atoms with Crippen LogP contribution in [0, 0.1) is 5.92 Å². The van der Waals surface area contributed by atoms with Gasteiger partial charge in [-0.3, -0.25) is 0 Å². The lowest BCUT2D eigenvalue weighted by Crippen LogP contribution is -2.32. The Labute approximate surface area is 106 Å². The van der Waals surface area contributed by atoms with Crippen molar-refractivity contribution in [2.75, 3.05) is 11.4 Å². The van der Waals surface area contributed by atoms with E-state index in [1.54, 1.807) is 0 Å². The highest BCUT2D eigenvalue weighted by Crippen LogP contribution is 2.42. The van der Waals surface area contributed by atoms with Crippen molar-refractivity contribution in [1.82, 2.24) is 0 Å². The van der Waals surface area contributed by atoms with E-state index in [4.69, 9.17) is 23.2 Å². The first kappa shape index (κ1) is 10.7. The molecule has 1 aliphatic heterocycles. The summed E-state index contributed by atoms with van der Waals surface area (Å²) in [6, 6.07) is 6.78. The van der Waals surface area contributed by atoms with Crippen LogP contribution in [0.15, 0.2) is 18.2 Å². The van der Waals surface area contributed by atoms with Gasteiger partial charge in [0.15, 0.2) is 0 Å². The molecule has 1 saturated heterocycles. The second-order valence-corrected chi connectivity index (χ2v) is 5.60. The molecule has 0 amide bonds. The summed E-state index contributed by atoms with van der Waals surface area (Å²) >= 11 is 12.1. The molecule has 2 aliphatic rings. The third-order valence-electron chi connectivity index (χ3n) is 3.91. The number of anilines is 1. The number of benzene rings is 1. The lowest BCUT2D eigenvalue weighted by Gasteiger charge is -2.31. The minimum absolute atomic E-state index is 0.570. The van der Waals surface area contributed by atoms with Crippen LogP contribution in [0.4, 0.5) is 5.69 Å². The summed E-state index contributed by atoms with van der Waals surface area (Å²) in [6.45, 7) is 1.19. The molecule has 1 nitrogen and oxygen atoms in total. The van der Waals surface area contributed by atoms with Crippen LogP contribution in [-0.2, 0) is 5.88 Å². The Hall–Kier alpha value is -0.400. The molecule has 3 heteroatoms. The van der Waals surface area contributed by atoms with E-state index >= 15 is 0 Å². The molecule has 0 radical (unpaired) electrons. The quantitative estimate of drug-likeness (QED) is 0.721. The van der Waals surface area contributed by atoms with Crippen LogP contribution >= 0.6 is 23.2 Å². The maximum absolute atomic E-state index is 6.08. The molecular weight excluding hydrogens is 241 g/mol. The average molecular weight is 256 g/mol. The Morgan fingerprint density at radius 2 is 2.19 bits per heavy atom. The van der Waals surface area contributed by atoms with Crippen LogP contribution in [0.1, 0.15) is 24.8 Å². The lowest BCUT2D eigenvalue weighted by molar-refractivity contribution is 0.553.